The van der Waals surface area contributed by atoms with E-state index in [1.165, 1.54) is 11.6 Å². The molecule has 2 aromatic carbocycles. The number of unbranched alkanes of at least 4 members (excludes halogenated alkanes) is 3. The van der Waals surface area contributed by atoms with Crippen LogP contribution in [0.4, 0.5) is 4.79 Å². The van der Waals surface area contributed by atoms with E-state index in [0.29, 0.717) is 18.7 Å². The zero-order chi connectivity index (χ0) is 22.5. The fraction of sp³-hybridized carbons (Fsp3) is 0.292. The van der Waals surface area contributed by atoms with Crippen LogP contribution in [0.15, 0.2) is 60.7 Å². The molecule has 2 rings (SSSR count). The van der Waals surface area contributed by atoms with Crippen LogP contribution in [0.25, 0.3) is 6.08 Å². The summed E-state index contributed by atoms with van der Waals surface area (Å²) in [5, 5.41) is 11.0. The van der Waals surface area contributed by atoms with Gasteiger partial charge < -0.3 is 4.90 Å². The summed E-state index contributed by atoms with van der Waals surface area (Å²) < 4.78 is 0. The summed E-state index contributed by atoms with van der Waals surface area (Å²) in [4.78, 5) is 37.9. The monoisotopic (exact) mass is 423 g/mol. The summed E-state index contributed by atoms with van der Waals surface area (Å²) in [5.41, 5.74) is 3.66. The molecule has 4 amide bonds. The number of carbonyl (C=O) groups is 3. The molecule has 31 heavy (non-hydrogen) atoms. The lowest BCUT2D eigenvalue weighted by atomic mass is 10.1. The number of hydroxylamine groups is 1. The smallest absolute Gasteiger partial charge is 0.320 e. The van der Waals surface area contributed by atoms with Gasteiger partial charge in [0.2, 0.25) is 0 Å². The maximum Gasteiger partial charge on any atom is 0.324 e. The minimum absolute atomic E-state index is 0.362. The number of hydrogen-bond acceptors (Lipinski definition) is 4. The second-order valence-electron chi connectivity index (χ2n) is 7.16. The summed E-state index contributed by atoms with van der Waals surface area (Å²) >= 11 is 0. The van der Waals surface area contributed by atoms with Crippen LogP contribution in [0.1, 0.15) is 54.1 Å². The highest BCUT2D eigenvalue weighted by atomic mass is 16.5. The molecule has 164 valence electrons. The molecular formula is C24H29N3O4. The number of rotatable bonds is 10. The van der Waals surface area contributed by atoms with Gasteiger partial charge in [-0.05, 0) is 35.8 Å². The normalized spacial score (nSPS) is 10.6. The maximum atomic E-state index is 12.8. The quantitative estimate of drug-likeness (QED) is 0.231. The van der Waals surface area contributed by atoms with Crippen LogP contribution in [0.5, 0.6) is 0 Å². The highest BCUT2D eigenvalue weighted by Gasteiger charge is 2.17. The largest absolute Gasteiger partial charge is 0.324 e. The fourth-order valence-corrected chi connectivity index (χ4v) is 2.98. The van der Waals surface area contributed by atoms with Crippen molar-refractivity contribution in [3.05, 3.63) is 77.4 Å². The highest BCUT2D eigenvalue weighted by Crippen LogP contribution is 2.11. The topological polar surface area (TPSA) is 98.7 Å². The molecule has 3 N–H and O–H groups in total. The molecule has 0 aliphatic carbocycles. The second-order valence-corrected chi connectivity index (χ2v) is 7.16. The molecule has 0 saturated heterocycles. The molecule has 2 aromatic rings. The molecule has 0 fully saturated rings. The van der Waals surface area contributed by atoms with Crippen LogP contribution < -0.4 is 10.8 Å². The number of nitrogens with zero attached hydrogens (tertiary/aromatic N) is 1. The summed E-state index contributed by atoms with van der Waals surface area (Å²) in [7, 11) is 0. The second kappa shape index (κ2) is 13.0. The molecule has 7 nitrogen and oxygen atoms in total. The lowest BCUT2D eigenvalue weighted by Gasteiger charge is -2.23. The van der Waals surface area contributed by atoms with Crippen molar-refractivity contribution in [1.82, 2.24) is 15.7 Å². The number of amides is 4. The highest BCUT2D eigenvalue weighted by molar-refractivity contribution is 6.04. The first-order chi connectivity index (χ1) is 15.0. The van der Waals surface area contributed by atoms with Crippen molar-refractivity contribution < 1.29 is 19.6 Å². The molecule has 0 unspecified atom stereocenters. The van der Waals surface area contributed by atoms with E-state index in [9.17, 15) is 14.4 Å². The van der Waals surface area contributed by atoms with Crippen LogP contribution in [-0.4, -0.2) is 34.5 Å². The lowest BCUT2D eigenvalue weighted by molar-refractivity contribution is -0.124. The molecule has 0 aliphatic heterocycles. The number of carbonyl (C=O) groups excluding carboxylic acids is 3. The maximum absolute atomic E-state index is 12.8. The van der Waals surface area contributed by atoms with Crippen molar-refractivity contribution in [1.29, 1.82) is 0 Å². The Morgan fingerprint density at radius 3 is 2.32 bits per heavy atom. The van der Waals surface area contributed by atoms with Crippen molar-refractivity contribution in [2.75, 3.05) is 6.54 Å². The molecular weight excluding hydrogens is 394 g/mol. The van der Waals surface area contributed by atoms with Crippen molar-refractivity contribution in [2.24, 2.45) is 0 Å². The van der Waals surface area contributed by atoms with E-state index in [0.717, 1.165) is 36.8 Å². The Hall–Kier alpha value is -3.45. The van der Waals surface area contributed by atoms with Gasteiger partial charge in [0.1, 0.15) is 0 Å². The summed E-state index contributed by atoms with van der Waals surface area (Å²) in [6.07, 6.45) is 6.87. The Kier molecular flexibility index (Phi) is 9.97. The Balaban J connectivity index is 2.04. The summed E-state index contributed by atoms with van der Waals surface area (Å²) in [5.74, 6) is -1.03. The van der Waals surface area contributed by atoms with Gasteiger partial charge in [-0.15, -0.1) is 0 Å². The number of imide groups is 1. The summed E-state index contributed by atoms with van der Waals surface area (Å²) in [6, 6.07) is 15.6. The van der Waals surface area contributed by atoms with Crippen LogP contribution in [-0.2, 0) is 11.3 Å². The average Bonchev–Trinajstić information content (AvgIpc) is 2.80. The Labute approximate surface area is 182 Å². The van der Waals surface area contributed by atoms with E-state index < -0.39 is 17.8 Å². The van der Waals surface area contributed by atoms with Crippen molar-refractivity contribution in [3.63, 3.8) is 0 Å². The van der Waals surface area contributed by atoms with E-state index in [2.05, 4.69) is 12.2 Å². The standard InChI is InChI=1S/C24H29N3O4/c1-2-3-4-8-17-27(24(30)25-23(29)21-9-6-5-7-10-21)18-20-13-11-19(12-14-20)15-16-22(28)26-31/h5-7,9-16,31H,2-4,8,17-18H2,1H3,(H,26,28)(H,25,29,30)/b16-15+. The van der Waals surface area contributed by atoms with Gasteiger partial charge in [0.15, 0.2) is 0 Å². The van der Waals surface area contributed by atoms with Gasteiger partial charge in [-0.25, -0.2) is 10.3 Å². The summed E-state index contributed by atoms with van der Waals surface area (Å²) in [6.45, 7) is 3.04. The van der Waals surface area contributed by atoms with Gasteiger partial charge in [-0.1, -0.05) is 68.7 Å². The van der Waals surface area contributed by atoms with Gasteiger partial charge in [-0.3, -0.25) is 20.1 Å². The predicted octanol–water partition coefficient (Wildman–Crippen LogP) is 4.14. The average molecular weight is 424 g/mol. The van der Waals surface area contributed by atoms with Crippen LogP contribution in [0.2, 0.25) is 0 Å². The number of hydrogen-bond donors (Lipinski definition) is 3. The Morgan fingerprint density at radius 1 is 0.968 bits per heavy atom. The first-order valence-corrected chi connectivity index (χ1v) is 10.4. The van der Waals surface area contributed by atoms with Crippen molar-refractivity contribution >= 4 is 23.9 Å². The third kappa shape index (κ3) is 8.44. The third-order valence-electron chi connectivity index (χ3n) is 4.72. The molecule has 7 heteroatoms. The van der Waals surface area contributed by atoms with Gasteiger partial charge in [0.05, 0.1) is 0 Å². The first kappa shape index (κ1) is 23.8. The number of benzene rings is 2. The zero-order valence-electron chi connectivity index (χ0n) is 17.7. The van der Waals surface area contributed by atoms with Crippen molar-refractivity contribution in [2.45, 2.75) is 39.2 Å². The Morgan fingerprint density at radius 2 is 1.68 bits per heavy atom. The van der Waals surface area contributed by atoms with Crippen LogP contribution in [0, 0.1) is 0 Å². The molecule has 0 saturated carbocycles. The third-order valence-corrected chi connectivity index (χ3v) is 4.72. The first-order valence-electron chi connectivity index (χ1n) is 10.4. The van der Waals surface area contributed by atoms with Crippen LogP contribution >= 0.6 is 0 Å². The van der Waals surface area contributed by atoms with Crippen LogP contribution in [0.3, 0.4) is 0 Å². The molecule has 0 aromatic heterocycles. The molecule has 0 radical (unpaired) electrons. The zero-order valence-corrected chi connectivity index (χ0v) is 17.7. The molecule has 0 aliphatic rings. The SMILES string of the molecule is CCCCCCN(Cc1ccc(/C=C/C(=O)NO)cc1)C(=O)NC(=O)c1ccccc1. The Bertz CT molecular complexity index is 879. The lowest BCUT2D eigenvalue weighted by Crippen LogP contribution is -2.43. The van der Waals surface area contributed by atoms with Gasteiger partial charge in [0, 0.05) is 24.7 Å². The van der Waals surface area contributed by atoms with Gasteiger partial charge in [0.25, 0.3) is 11.8 Å². The fourth-order valence-electron chi connectivity index (χ4n) is 2.98. The van der Waals surface area contributed by atoms with E-state index in [4.69, 9.17) is 5.21 Å². The van der Waals surface area contributed by atoms with Crippen molar-refractivity contribution in [3.8, 4) is 0 Å². The number of nitrogens with one attached hydrogen (secondary N) is 2. The predicted molar refractivity (Wildman–Crippen MR) is 119 cm³/mol. The van der Waals surface area contributed by atoms with Gasteiger partial charge >= 0.3 is 6.03 Å². The molecule has 0 spiro atoms. The van der Waals surface area contributed by atoms with E-state index in [1.54, 1.807) is 35.2 Å². The van der Waals surface area contributed by atoms with Gasteiger partial charge in [-0.2, -0.15) is 0 Å². The van der Waals surface area contributed by atoms with E-state index >= 15 is 0 Å². The molecule has 0 heterocycles. The van der Waals surface area contributed by atoms with E-state index in [1.807, 2.05) is 30.3 Å². The minimum atomic E-state index is -0.609. The molecule has 0 atom stereocenters. The number of urea groups is 1. The van der Waals surface area contributed by atoms with E-state index in [-0.39, 0.29) is 0 Å². The molecule has 0 bridgehead atoms. The minimum Gasteiger partial charge on any atom is -0.320 e.